The summed E-state index contributed by atoms with van der Waals surface area (Å²) >= 11 is 0. The van der Waals surface area contributed by atoms with Crippen molar-refractivity contribution in [2.75, 3.05) is 41.0 Å². The molecular weight excluding hydrogens is 310 g/mol. The summed E-state index contributed by atoms with van der Waals surface area (Å²) in [6.45, 7) is 2.47. The first-order valence-corrected chi connectivity index (χ1v) is 8.28. The normalized spacial score (nSPS) is 16.0. The predicted octanol–water partition coefficient (Wildman–Crippen LogP) is 1.67. The summed E-state index contributed by atoms with van der Waals surface area (Å²) in [6, 6.07) is 3.63. The summed E-state index contributed by atoms with van der Waals surface area (Å²) < 4.78 is 15.9. The quantitative estimate of drug-likeness (QED) is 0.778. The van der Waals surface area contributed by atoms with Crippen LogP contribution in [0, 0.1) is 0 Å². The molecule has 1 fully saturated rings. The van der Waals surface area contributed by atoms with Crippen LogP contribution in [0.15, 0.2) is 12.1 Å². The molecule has 1 N–H and O–H groups in total. The van der Waals surface area contributed by atoms with E-state index in [-0.39, 0.29) is 11.9 Å². The van der Waals surface area contributed by atoms with Crippen molar-refractivity contribution in [2.24, 2.45) is 0 Å². The number of rotatable bonds is 8. The fourth-order valence-corrected chi connectivity index (χ4v) is 2.98. The van der Waals surface area contributed by atoms with Crippen LogP contribution in [-0.2, 0) is 11.2 Å². The number of ether oxygens (including phenoxy) is 3. The van der Waals surface area contributed by atoms with Crippen LogP contribution in [0.2, 0.25) is 0 Å². The molecule has 0 aliphatic carbocycles. The minimum atomic E-state index is -0.184. The van der Waals surface area contributed by atoms with E-state index in [4.69, 9.17) is 14.2 Å². The summed E-state index contributed by atoms with van der Waals surface area (Å²) in [5.74, 6) is 1.83. The van der Waals surface area contributed by atoms with Crippen LogP contribution in [0.4, 0.5) is 0 Å². The van der Waals surface area contributed by atoms with E-state index in [2.05, 4.69) is 4.90 Å². The number of benzene rings is 1. The van der Waals surface area contributed by atoms with Gasteiger partial charge in [-0.3, -0.25) is 4.79 Å². The largest absolute Gasteiger partial charge is 0.493 e. The smallest absolute Gasteiger partial charge is 0.203 e. The average Bonchev–Trinajstić information content (AvgIpc) is 2.60. The second kappa shape index (κ2) is 8.89. The molecular formula is C18H27NO5. The monoisotopic (exact) mass is 337 g/mol. The van der Waals surface area contributed by atoms with Crippen LogP contribution in [-0.4, -0.2) is 62.9 Å². The second-order valence-electron chi connectivity index (χ2n) is 6.07. The summed E-state index contributed by atoms with van der Waals surface area (Å²) in [7, 11) is 4.68. The van der Waals surface area contributed by atoms with Gasteiger partial charge in [0.15, 0.2) is 11.5 Å². The van der Waals surface area contributed by atoms with Crippen LogP contribution < -0.4 is 14.2 Å². The first-order chi connectivity index (χ1) is 11.6. The number of hydrogen-bond donors (Lipinski definition) is 1. The van der Waals surface area contributed by atoms with Gasteiger partial charge in [-0.15, -0.1) is 0 Å². The molecule has 0 bridgehead atoms. The number of carbonyl (C=O) groups excluding carboxylic acids is 1. The van der Waals surface area contributed by atoms with Gasteiger partial charge < -0.3 is 24.2 Å². The SMILES string of the molecule is COc1cc(CC(=O)CCN2CCC(O)CC2)cc(OC)c1OC. The number of methoxy groups -OCH3 is 3. The van der Waals surface area contributed by atoms with Crippen molar-refractivity contribution in [3.05, 3.63) is 17.7 Å². The zero-order valence-corrected chi connectivity index (χ0v) is 14.7. The number of nitrogens with zero attached hydrogens (tertiary/aromatic N) is 1. The highest BCUT2D eigenvalue weighted by molar-refractivity contribution is 5.81. The van der Waals surface area contributed by atoms with Crippen molar-refractivity contribution in [1.29, 1.82) is 0 Å². The standard InChI is InChI=1S/C18H27NO5/c1-22-16-11-13(12-17(23-2)18(16)24-3)10-15(21)6-9-19-7-4-14(20)5-8-19/h11-12,14,20H,4-10H2,1-3H3. The fraction of sp³-hybridized carbons (Fsp3) is 0.611. The Labute approximate surface area is 143 Å². The number of carbonyl (C=O) groups is 1. The van der Waals surface area contributed by atoms with Crippen molar-refractivity contribution in [2.45, 2.75) is 31.8 Å². The molecule has 24 heavy (non-hydrogen) atoms. The van der Waals surface area contributed by atoms with E-state index in [1.165, 1.54) is 0 Å². The maximum atomic E-state index is 12.3. The number of hydrogen-bond acceptors (Lipinski definition) is 6. The van der Waals surface area contributed by atoms with Gasteiger partial charge in [-0.2, -0.15) is 0 Å². The fourth-order valence-electron chi connectivity index (χ4n) is 2.98. The number of ketones is 1. The third-order valence-electron chi connectivity index (χ3n) is 4.39. The maximum Gasteiger partial charge on any atom is 0.203 e. The van der Waals surface area contributed by atoms with E-state index in [0.29, 0.717) is 30.1 Å². The molecule has 1 saturated heterocycles. The third kappa shape index (κ3) is 4.85. The Morgan fingerprint density at radius 2 is 1.71 bits per heavy atom. The van der Waals surface area contributed by atoms with Gasteiger partial charge in [0, 0.05) is 32.5 Å². The van der Waals surface area contributed by atoms with Crippen LogP contribution in [0.1, 0.15) is 24.8 Å². The molecule has 6 nitrogen and oxygen atoms in total. The average molecular weight is 337 g/mol. The molecule has 1 aliphatic heterocycles. The minimum absolute atomic E-state index is 0.176. The predicted molar refractivity (Wildman–Crippen MR) is 91.1 cm³/mol. The van der Waals surface area contributed by atoms with E-state index in [0.717, 1.165) is 38.0 Å². The van der Waals surface area contributed by atoms with Crippen molar-refractivity contribution in [3.8, 4) is 17.2 Å². The van der Waals surface area contributed by atoms with Gasteiger partial charge in [0.1, 0.15) is 5.78 Å². The Hall–Kier alpha value is -1.79. The highest BCUT2D eigenvalue weighted by Crippen LogP contribution is 2.38. The van der Waals surface area contributed by atoms with Gasteiger partial charge in [0.25, 0.3) is 0 Å². The number of aliphatic hydroxyl groups is 1. The Kier molecular flexibility index (Phi) is 6.87. The lowest BCUT2D eigenvalue weighted by Crippen LogP contribution is -2.37. The van der Waals surface area contributed by atoms with Gasteiger partial charge in [-0.1, -0.05) is 0 Å². The molecule has 1 aliphatic rings. The van der Waals surface area contributed by atoms with Crippen molar-refractivity contribution in [3.63, 3.8) is 0 Å². The lowest BCUT2D eigenvalue weighted by molar-refractivity contribution is -0.118. The molecule has 134 valence electrons. The molecule has 0 atom stereocenters. The van der Waals surface area contributed by atoms with Gasteiger partial charge in [0.05, 0.1) is 27.4 Å². The second-order valence-corrected chi connectivity index (χ2v) is 6.07. The zero-order chi connectivity index (χ0) is 17.5. The van der Waals surface area contributed by atoms with Crippen LogP contribution in [0.5, 0.6) is 17.2 Å². The van der Waals surface area contributed by atoms with E-state index < -0.39 is 0 Å². The van der Waals surface area contributed by atoms with Gasteiger partial charge in [-0.05, 0) is 30.5 Å². The molecule has 2 rings (SSSR count). The molecule has 0 spiro atoms. The number of likely N-dealkylation sites (tertiary alicyclic amines) is 1. The Balaban J connectivity index is 1.93. The lowest BCUT2D eigenvalue weighted by atomic mass is 10.0. The van der Waals surface area contributed by atoms with Crippen molar-refractivity contribution in [1.82, 2.24) is 4.90 Å². The molecule has 0 aromatic heterocycles. The molecule has 1 heterocycles. The summed E-state index contributed by atoms with van der Waals surface area (Å²) in [5.41, 5.74) is 0.851. The van der Waals surface area contributed by atoms with Crippen molar-refractivity contribution >= 4 is 5.78 Å². The van der Waals surface area contributed by atoms with E-state index in [1.807, 2.05) is 12.1 Å². The highest BCUT2D eigenvalue weighted by atomic mass is 16.5. The zero-order valence-electron chi connectivity index (χ0n) is 14.7. The molecule has 0 unspecified atom stereocenters. The number of piperidine rings is 1. The number of aliphatic hydroxyl groups excluding tert-OH is 1. The molecule has 0 saturated carbocycles. The van der Waals surface area contributed by atoms with Gasteiger partial charge in [-0.25, -0.2) is 0 Å². The lowest BCUT2D eigenvalue weighted by Gasteiger charge is -2.29. The molecule has 6 heteroatoms. The Morgan fingerprint density at radius 1 is 1.12 bits per heavy atom. The van der Waals surface area contributed by atoms with Crippen LogP contribution in [0.25, 0.3) is 0 Å². The Morgan fingerprint density at radius 3 is 2.21 bits per heavy atom. The summed E-state index contributed by atoms with van der Waals surface area (Å²) in [6.07, 6.45) is 2.25. The van der Waals surface area contributed by atoms with E-state index in [1.54, 1.807) is 21.3 Å². The number of Topliss-reactive ketones (excluding diaryl/α,β-unsaturated/α-hetero) is 1. The molecule has 0 amide bonds. The van der Waals surface area contributed by atoms with E-state index >= 15 is 0 Å². The topological polar surface area (TPSA) is 68.2 Å². The van der Waals surface area contributed by atoms with Crippen molar-refractivity contribution < 1.29 is 24.1 Å². The highest BCUT2D eigenvalue weighted by Gasteiger charge is 2.18. The van der Waals surface area contributed by atoms with E-state index in [9.17, 15) is 9.90 Å². The van der Waals surface area contributed by atoms with Crippen LogP contribution >= 0.6 is 0 Å². The van der Waals surface area contributed by atoms with Gasteiger partial charge >= 0.3 is 0 Å². The molecule has 1 aromatic carbocycles. The first kappa shape index (κ1) is 18.5. The molecule has 0 radical (unpaired) electrons. The Bertz CT molecular complexity index is 527. The van der Waals surface area contributed by atoms with Crippen LogP contribution in [0.3, 0.4) is 0 Å². The first-order valence-electron chi connectivity index (χ1n) is 8.28. The maximum absolute atomic E-state index is 12.3. The minimum Gasteiger partial charge on any atom is -0.493 e. The summed E-state index contributed by atoms with van der Waals surface area (Å²) in [5, 5.41) is 9.51. The third-order valence-corrected chi connectivity index (χ3v) is 4.39. The molecule has 1 aromatic rings. The van der Waals surface area contributed by atoms with Gasteiger partial charge in [0.2, 0.25) is 5.75 Å². The summed E-state index contributed by atoms with van der Waals surface area (Å²) in [4.78, 5) is 14.5.